The predicted octanol–water partition coefficient (Wildman–Crippen LogP) is 21.2. The van der Waals surface area contributed by atoms with Crippen LogP contribution in [0.4, 0.5) is 0 Å². The molecule has 0 saturated heterocycles. The summed E-state index contributed by atoms with van der Waals surface area (Å²) in [5.41, 5.74) is 0. The number of hydrogen-bond donors (Lipinski definition) is 3. The second-order valence-corrected chi connectivity index (χ2v) is 30.2. The number of ether oxygens (including phenoxy) is 4. The Balaban J connectivity index is 5.23. The minimum atomic E-state index is -4.95. The van der Waals surface area contributed by atoms with E-state index in [1.807, 2.05) is 0 Å². The second-order valence-electron chi connectivity index (χ2n) is 27.3. The monoisotopic (exact) mass is 1350 g/mol. The van der Waals surface area contributed by atoms with Gasteiger partial charge >= 0.3 is 39.5 Å². The lowest BCUT2D eigenvalue weighted by Crippen LogP contribution is -2.30. The highest BCUT2D eigenvalue weighted by Crippen LogP contribution is 2.45. The fourth-order valence-corrected chi connectivity index (χ4v) is 12.7. The zero-order chi connectivity index (χ0) is 67.9. The average molecular weight is 1350 g/mol. The number of aliphatic hydroxyl groups excluding tert-OH is 1. The van der Waals surface area contributed by atoms with Gasteiger partial charge in [0.2, 0.25) is 0 Å². The first-order valence-electron chi connectivity index (χ1n) is 38.0. The van der Waals surface area contributed by atoms with Crippen LogP contribution in [0.3, 0.4) is 0 Å². The van der Waals surface area contributed by atoms with E-state index in [4.69, 9.17) is 37.0 Å². The molecule has 0 aromatic rings. The molecule has 0 aliphatic heterocycles. The van der Waals surface area contributed by atoms with Crippen molar-refractivity contribution < 1.29 is 80.2 Å². The van der Waals surface area contributed by atoms with Gasteiger partial charge in [-0.3, -0.25) is 37.3 Å². The number of aliphatic hydroxyl groups is 1. The molecule has 0 heterocycles. The number of esters is 4. The van der Waals surface area contributed by atoms with Gasteiger partial charge in [0.15, 0.2) is 12.2 Å². The van der Waals surface area contributed by atoms with E-state index >= 15 is 0 Å². The van der Waals surface area contributed by atoms with Crippen molar-refractivity contribution in [2.24, 2.45) is 11.8 Å². The van der Waals surface area contributed by atoms with Crippen molar-refractivity contribution in [1.29, 1.82) is 0 Å². The summed E-state index contributed by atoms with van der Waals surface area (Å²) in [5, 5.41) is 10.6. The van der Waals surface area contributed by atoms with Crippen LogP contribution in [0.2, 0.25) is 0 Å². The van der Waals surface area contributed by atoms with Crippen molar-refractivity contribution in [2.75, 3.05) is 39.6 Å². The predicted molar refractivity (Wildman–Crippen MR) is 372 cm³/mol. The highest BCUT2D eigenvalue weighted by atomic mass is 31.2. The van der Waals surface area contributed by atoms with Gasteiger partial charge in [-0.25, -0.2) is 9.13 Å². The van der Waals surface area contributed by atoms with Crippen molar-refractivity contribution >= 4 is 39.5 Å². The van der Waals surface area contributed by atoms with Gasteiger partial charge in [-0.15, -0.1) is 0 Å². The Morgan fingerprint density at radius 3 is 0.739 bits per heavy atom. The van der Waals surface area contributed by atoms with E-state index in [9.17, 15) is 43.2 Å². The molecule has 546 valence electrons. The second kappa shape index (κ2) is 65.0. The summed E-state index contributed by atoms with van der Waals surface area (Å²) in [7, 11) is -9.90. The van der Waals surface area contributed by atoms with Crippen LogP contribution in [0.1, 0.15) is 375 Å². The molecule has 0 amide bonds. The molecule has 0 radical (unpaired) electrons. The number of hydrogen-bond acceptors (Lipinski definition) is 15. The lowest BCUT2D eigenvalue weighted by atomic mass is 10.0. The molecule has 0 spiro atoms. The number of carbonyl (C=O) groups is 4. The first-order valence-corrected chi connectivity index (χ1v) is 41.0. The van der Waals surface area contributed by atoms with Crippen molar-refractivity contribution in [3.63, 3.8) is 0 Å². The lowest BCUT2D eigenvalue weighted by molar-refractivity contribution is -0.161. The van der Waals surface area contributed by atoms with E-state index in [0.29, 0.717) is 25.7 Å². The highest BCUT2D eigenvalue weighted by molar-refractivity contribution is 7.47. The smallest absolute Gasteiger partial charge is 0.462 e. The SMILES string of the molecule is CCCCCCCCCCCCCCCCCCCCC(=O)O[C@H](COC(=O)CCCCCCCCCCCCCC)COP(=O)(O)OC[C@@H](O)COP(=O)(O)OC[C@@H](COC(=O)CCCCCCCCCCC(C)C)OC(=O)CCCCCCCCCCC(C)C. The van der Waals surface area contributed by atoms with Crippen LogP contribution in [0.25, 0.3) is 0 Å². The molecule has 0 aliphatic carbocycles. The third-order valence-electron chi connectivity index (χ3n) is 17.0. The number of unbranched alkanes of at least 4 members (excludes halogenated alkanes) is 42. The van der Waals surface area contributed by atoms with Crippen molar-refractivity contribution in [1.82, 2.24) is 0 Å². The summed E-state index contributed by atoms with van der Waals surface area (Å²) in [4.78, 5) is 72.6. The van der Waals surface area contributed by atoms with E-state index in [1.54, 1.807) is 0 Å². The van der Waals surface area contributed by atoms with Crippen molar-refractivity contribution in [3.8, 4) is 0 Å². The normalized spacial score (nSPS) is 14.1. The molecule has 17 nitrogen and oxygen atoms in total. The number of phosphoric acid groups is 2. The van der Waals surface area contributed by atoms with E-state index in [1.165, 1.54) is 193 Å². The summed E-state index contributed by atoms with van der Waals surface area (Å²) in [5.74, 6) is -0.677. The Morgan fingerprint density at radius 1 is 0.293 bits per heavy atom. The summed E-state index contributed by atoms with van der Waals surface area (Å²) in [6.45, 7) is 9.50. The molecule has 0 saturated carbocycles. The Bertz CT molecular complexity index is 1790. The van der Waals surface area contributed by atoms with Gasteiger partial charge in [0.25, 0.3) is 0 Å². The average Bonchev–Trinajstić information content (AvgIpc) is 1.66. The van der Waals surface area contributed by atoms with Crippen molar-refractivity contribution in [2.45, 2.75) is 394 Å². The summed E-state index contributed by atoms with van der Waals surface area (Å²) >= 11 is 0. The van der Waals surface area contributed by atoms with Gasteiger partial charge in [-0.2, -0.15) is 0 Å². The van der Waals surface area contributed by atoms with E-state index in [-0.39, 0.29) is 25.7 Å². The lowest BCUT2D eigenvalue weighted by Gasteiger charge is -2.21. The highest BCUT2D eigenvalue weighted by Gasteiger charge is 2.30. The Labute approximate surface area is 562 Å². The molecule has 3 N–H and O–H groups in total. The first kappa shape index (κ1) is 90.1. The van der Waals surface area contributed by atoms with Crippen LogP contribution in [-0.4, -0.2) is 96.7 Å². The molecule has 0 bridgehead atoms. The Kier molecular flexibility index (Phi) is 63.7. The number of carbonyl (C=O) groups excluding carboxylic acids is 4. The van der Waals surface area contributed by atoms with Crippen LogP contribution >= 0.6 is 15.6 Å². The fourth-order valence-electron chi connectivity index (χ4n) is 11.1. The molecule has 19 heteroatoms. The Morgan fingerprint density at radius 2 is 0.500 bits per heavy atom. The first-order chi connectivity index (χ1) is 44.4. The van der Waals surface area contributed by atoms with Crippen LogP contribution in [-0.2, 0) is 65.4 Å². The summed E-state index contributed by atoms with van der Waals surface area (Å²) < 4.78 is 68.4. The molecule has 0 aromatic heterocycles. The largest absolute Gasteiger partial charge is 0.472 e. The van der Waals surface area contributed by atoms with Gasteiger partial charge in [0.05, 0.1) is 26.4 Å². The minimum absolute atomic E-state index is 0.104. The maximum absolute atomic E-state index is 13.1. The van der Waals surface area contributed by atoms with Gasteiger partial charge in [0, 0.05) is 25.7 Å². The van der Waals surface area contributed by atoms with E-state index in [0.717, 1.165) is 102 Å². The van der Waals surface area contributed by atoms with Gasteiger partial charge in [-0.1, -0.05) is 324 Å². The zero-order valence-electron chi connectivity index (χ0n) is 59.9. The van der Waals surface area contributed by atoms with Crippen LogP contribution in [0.15, 0.2) is 0 Å². The molecule has 0 rings (SSSR count). The molecule has 0 aromatic carbocycles. The minimum Gasteiger partial charge on any atom is -0.462 e. The standard InChI is InChI=1S/C73H142O17P2/c1-7-9-11-13-15-17-19-21-22-23-24-25-26-28-30-39-45-51-57-72(77)89-68(61-83-70(75)55-49-43-37-29-27-20-18-16-14-12-10-8-2)63-87-91(79,80)85-59-67(74)60-86-92(81,82)88-64-69(90-73(78)58-52-46-40-34-32-36-42-48-54-66(5)6)62-84-71(76)56-50-44-38-33-31-35-41-47-53-65(3)4/h65-69,74H,7-64H2,1-6H3,(H,79,80)(H,81,82)/t67-,68-,69-/m1/s1. The molecule has 0 aliphatic rings. The molecule has 0 fully saturated rings. The number of phosphoric ester groups is 2. The van der Waals surface area contributed by atoms with Crippen LogP contribution < -0.4 is 0 Å². The summed E-state index contributed by atoms with van der Waals surface area (Å²) in [6.07, 6.45) is 51.4. The van der Waals surface area contributed by atoms with Crippen LogP contribution in [0.5, 0.6) is 0 Å². The van der Waals surface area contributed by atoms with Gasteiger partial charge in [0.1, 0.15) is 19.3 Å². The van der Waals surface area contributed by atoms with Gasteiger partial charge < -0.3 is 33.8 Å². The molecular formula is C73H142O17P2. The fraction of sp³-hybridized carbons (Fsp3) is 0.945. The topological polar surface area (TPSA) is 237 Å². The maximum atomic E-state index is 13.1. The van der Waals surface area contributed by atoms with Crippen LogP contribution in [0, 0.1) is 11.8 Å². The molecular weight excluding hydrogens is 1210 g/mol. The van der Waals surface area contributed by atoms with E-state index in [2.05, 4.69) is 41.5 Å². The summed E-state index contributed by atoms with van der Waals surface area (Å²) in [6, 6.07) is 0. The maximum Gasteiger partial charge on any atom is 0.472 e. The third kappa shape index (κ3) is 66.7. The quantitative estimate of drug-likeness (QED) is 0.0222. The van der Waals surface area contributed by atoms with Gasteiger partial charge in [-0.05, 0) is 37.5 Å². The number of rotatable bonds is 72. The van der Waals surface area contributed by atoms with Crippen molar-refractivity contribution in [3.05, 3.63) is 0 Å². The third-order valence-corrected chi connectivity index (χ3v) is 18.9. The molecule has 5 atom stereocenters. The molecule has 92 heavy (non-hydrogen) atoms. The molecule has 2 unspecified atom stereocenters. The van der Waals surface area contributed by atoms with E-state index < -0.39 is 97.5 Å². The zero-order valence-corrected chi connectivity index (χ0v) is 61.6. The Hall–Kier alpha value is -1.94.